The van der Waals surface area contributed by atoms with Gasteiger partial charge in [-0.3, -0.25) is 47.9 Å². The van der Waals surface area contributed by atoms with Gasteiger partial charge in [-0.25, -0.2) is 8.78 Å². The number of thiazole rings is 2. The number of aryl methyl sites for hydroxylation is 2. The third-order valence-corrected chi connectivity index (χ3v) is 19.4. The third kappa shape index (κ3) is 11.5. The van der Waals surface area contributed by atoms with Crippen molar-refractivity contribution in [1.82, 2.24) is 49.2 Å². The maximum atomic E-state index is 15.3. The first kappa shape index (κ1) is 54.6. The summed E-state index contributed by atoms with van der Waals surface area (Å²) in [5, 5.41) is 6.87. The highest BCUT2D eigenvalue weighted by Gasteiger charge is 2.27. The Morgan fingerprint density at radius 3 is 1.62 bits per heavy atom. The fourth-order valence-corrected chi connectivity index (χ4v) is 15.2. The zero-order valence-corrected chi connectivity index (χ0v) is 47.4. The SMILES string of the molecule is CN1CCCC1CCNC(=O)c1c(=O)c2cc(F)c(SCCc3cnccn3)cc2n2c1sc1cc(Cl)ccc12.CN1CCCC1CCNC(=O)c1c(=O)c2cc(F)c(SCCc3cnccn3)cc2n2c1sc1ccccc12. The number of benzene rings is 4. The van der Waals surface area contributed by atoms with E-state index in [2.05, 4.69) is 54.5 Å². The van der Waals surface area contributed by atoms with Crippen molar-refractivity contribution < 1.29 is 18.4 Å². The molecule has 2 saturated heterocycles. The van der Waals surface area contributed by atoms with E-state index in [4.69, 9.17) is 11.6 Å². The molecule has 12 rings (SSSR count). The quantitative estimate of drug-likeness (QED) is 0.0883. The van der Waals surface area contributed by atoms with Crippen LogP contribution in [0.15, 0.2) is 123 Å². The number of carbonyl (C=O) groups excluding carboxylic acids is 2. The van der Waals surface area contributed by atoms with E-state index in [1.165, 1.54) is 58.3 Å². The minimum Gasteiger partial charge on any atom is -0.352 e. The molecule has 4 aromatic carbocycles. The number of thioether (sulfide) groups is 2. The van der Waals surface area contributed by atoms with Crippen molar-refractivity contribution in [2.24, 2.45) is 0 Å². The first-order chi connectivity index (χ1) is 38.4. The Morgan fingerprint density at radius 1 is 0.646 bits per heavy atom. The number of para-hydroxylation sites is 1. The third-order valence-electron chi connectivity index (χ3n) is 14.8. The number of hydrogen-bond donors (Lipinski definition) is 2. The minimum atomic E-state index is -0.494. The molecule has 10 aromatic rings. The van der Waals surface area contributed by atoms with Gasteiger partial charge < -0.3 is 20.4 Å². The molecule has 0 saturated carbocycles. The number of hydrogen-bond acceptors (Lipinski definition) is 14. The van der Waals surface area contributed by atoms with E-state index in [-0.39, 0.29) is 21.9 Å². The lowest BCUT2D eigenvalue weighted by molar-refractivity contribution is 0.0942. The zero-order chi connectivity index (χ0) is 54.7. The topological polar surface area (TPSA) is 159 Å². The van der Waals surface area contributed by atoms with Crippen LogP contribution in [-0.4, -0.2) is 114 Å². The van der Waals surface area contributed by atoms with Gasteiger partial charge in [0.05, 0.1) is 42.9 Å². The maximum absolute atomic E-state index is 15.3. The van der Waals surface area contributed by atoms with E-state index < -0.39 is 34.3 Å². The predicted molar refractivity (Wildman–Crippen MR) is 316 cm³/mol. The van der Waals surface area contributed by atoms with Gasteiger partial charge in [-0.1, -0.05) is 23.7 Å². The Labute approximate surface area is 474 Å². The highest BCUT2D eigenvalue weighted by molar-refractivity contribution is 7.99. The van der Waals surface area contributed by atoms with Gasteiger partial charge in [-0.2, -0.15) is 0 Å². The number of rotatable bonds is 16. The number of nitrogens with zero attached hydrogens (tertiary/aromatic N) is 8. The van der Waals surface area contributed by atoms with E-state index in [0.29, 0.717) is 85.0 Å². The zero-order valence-electron chi connectivity index (χ0n) is 43.3. The fourth-order valence-electron chi connectivity index (χ4n) is 10.7. The van der Waals surface area contributed by atoms with Gasteiger partial charge in [-0.05, 0) is 120 Å². The number of carbonyl (C=O) groups is 2. The first-order valence-corrected chi connectivity index (χ1v) is 30.2. The van der Waals surface area contributed by atoms with Crippen molar-refractivity contribution in [2.75, 3.05) is 51.8 Å². The van der Waals surface area contributed by atoms with Crippen LogP contribution in [0.4, 0.5) is 8.78 Å². The molecular weight excluding hydrogens is 1100 g/mol. The summed E-state index contributed by atoms with van der Waals surface area (Å²) >= 11 is 11.8. The van der Waals surface area contributed by atoms with E-state index in [1.54, 1.807) is 55.4 Å². The summed E-state index contributed by atoms with van der Waals surface area (Å²) < 4.78 is 36.3. The lowest BCUT2D eigenvalue weighted by Crippen LogP contribution is -2.34. The predicted octanol–water partition coefficient (Wildman–Crippen LogP) is 10.9. The molecule has 8 heterocycles. The molecule has 6 aromatic heterocycles. The standard InChI is InChI=1S/C29H27ClFN5O2S2.C29H28FN5O2S2/c1-35-11-2-3-19(35)6-8-34-28(38)26-27(37)20-14-21(31)24(39-12-7-18-16-32-9-10-33-18)15-23(20)36-22-5-4-17(30)13-25(22)40-29(26)36;1-34-13-4-5-19(34)8-10-33-28(37)26-27(36)20-15-21(30)25(38-14-9-18-17-31-11-12-32-18)16-23(20)35-22-6-2-3-7-24(22)39-29(26)35/h4-5,9-10,13-16,19H,2-3,6-8,11-12H2,1H3,(H,34,38);2-3,6-7,11-12,15-17,19H,4-5,8-10,13-14H2,1H3,(H,33,37). The summed E-state index contributed by atoms with van der Waals surface area (Å²) in [6.07, 6.45) is 17.4. The molecule has 2 unspecified atom stereocenters. The second kappa shape index (κ2) is 24.1. The molecule has 21 heteroatoms. The van der Waals surface area contributed by atoms with Crippen molar-refractivity contribution >= 4 is 122 Å². The lowest BCUT2D eigenvalue weighted by Gasteiger charge is -2.19. The smallest absolute Gasteiger partial charge is 0.258 e. The number of fused-ring (bicyclic) bond motifs is 10. The molecule has 2 aliphatic rings. The summed E-state index contributed by atoms with van der Waals surface area (Å²) in [6.45, 7) is 3.07. The summed E-state index contributed by atoms with van der Waals surface area (Å²) in [7, 11) is 4.20. The molecule has 0 spiro atoms. The molecule has 79 heavy (non-hydrogen) atoms. The number of amides is 2. The van der Waals surface area contributed by atoms with Crippen molar-refractivity contribution in [2.45, 2.75) is 73.2 Å². The molecule has 2 amide bonds. The average Bonchev–Trinajstić information content (AvgIpc) is 4.46. The number of aromatic nitrogens is 6. The largest absolute Gasteiger partial charge is 0.352 e. The average molecular weight is 1160 g/mol. The molecule has 14 nitrogen and oxygen atoms in total. The highest BCUT2D eigenvalue weighted by Crippen LogP contribution is 2.37. The number of pyridine rings is 2. The van der Waals surface area contributed by atoms with Crippen LogP contribution < -0.4 is 21.5 Å². The van der Waals surface area contributed by atoms with Gasteiger partial charge in [0.15, 0.2) is 0 Å². The summed E-state index contributed by atoms with van der Waals surface area (Å²) in [4.78, 5) is 77.7. The van der Waals surface area contributed by atoms with Crippen LogP contribution in [0.3, 0.4) is 0 Å². The summed E-state index contributed by atoms with van der Waals surface area (Å²) in [6, 6.07) is 20.1. The highest BCUT2D eigenvalue weighted by atomic mass is 35.5. The molecule has 2 atom stereocenters. The van der Waals surface area contributed by atoms with E-state index in [0.717, 1.165) is 83.4 Å². The van der Waals surface area contributed by atoms with Crippen molar-refractivity contribution in [1.29, 1.82) is 0 Å². The Kier molecular flexibility index (Phi) is 16.7. The second-order valence-electron chi connectivity index (χ2n) is 19.8. The first-order valence-electron chi connectivity index (χ1n) is 26.2. The molecule has 0 radical (unpaired) electrons. The minimum absolute atomic E-state index is 0.0343. The van der Waals surface area contributed by atoms with Gasteiger partial charge in [0.2, 0.25) is 10.9 Å². The molecule has 0 bridgehead atoms. The summed E-state index contributed by atoms with van der Waals surface area (Å²) in [5.74, 6) is -0.610. The Hall–Kier alpha value is -6.39. The monoisotopic (exact) mass is 1160 g/mol. The summed E-state index contributed by atoms with van der Waals surface area (Å²) in [5.41, 5.74) is 3.69. The lowest BCUT2D eigenvalue weighted by atomic mass is 10.1. The number of likely N-dealkylation sites (tertiary alicyclic amines) is 2. The van der Waals surface area contributed by atoms with E-state index >= 15 is 8.78 Å². The molecule has 2 aliphatic heterocycles. The molecule has 2 fully saturated rings. The van der Waals surface area contributed by atoms with Gasteiger partial charge in [-0.15, -0.1) is 46.2 Å². The van der Waals surface area contributed by atoms with Crippen LogP contribution in [-0.2, 0) is 12.8 Å². The van der Waals surface area contributed by atoms with Gasteiger partial charge in [0.25, 0.3) is 11.8 Å². The van der Waals surface area contributed by atoms with Gasteiger partial charge in [0, 0.05) is 112 Å². The normalized spacial score (nSPS) is 16.0. The van der Waals surface area contributed by atoms with Crippen LogP contribution in [0.25, 0.3) is 51.9 Å². The van der Waals surface area contributed by atoms with Crippen LogP contribution in [0, 0.1) is 11.6 Å². The van der Waals surface area contributed by atoms with Crippen LogP contribution in [0.1, 0.15) is 70.6 Å². The molecule has 0 aliphatic carbocycles. The molecule has 406 valence electrons. The van der Waals surface area contributed by atoms with E-state index in [9.17, 15) is 19.2 Å². The van der Waals surface area contributed by atoms with E-state index in [1.807, 2.05) is 45.2 Å². The Morgan fingerprint density at radius 2 is 1.14 bits per heavy atom. The number of halogens is 3. The van der Waals surface area contributed by atoms with Crippen molar-refractivity contribution in [3.05, 3.63) is 164 Å². The van der Waals surface area contributed by atoms with Gasteiger partial charge in [0.1, 0.15) is 32.4 Å². The Balaban J connectivity index is 0.000000167. The van der Waals surface area contributed by atoms with Crippen LogP contribution in [0.5, 0.6) is 0 Å². The second-order valence-corrected chi connectivity index (χ2v) is 24.6. The molecular formula is C58H55ClF2N10O4S4. The Bertz CT molecular complexity index is 4050. The van der Waals surface area contributed by atoms with Crippen LogP contribution >= 0.6 is 57.8 Å². The fraction of sp³-hybridized carbons (Fsp3) is 0.310. The maximum Gasteiger partial charge on any atom is 0.258 e. The molecule has 2 N–H and O–H groups in total. The number of nitrogens with one attached hydrogen (secondary N) is 2. The van der Waals surface area contributed by atoms with Crippen molar-refractivity contribution in [3.63, 3.8) is 0 Å². The van der Waals surface area contributed by atoms with Crippen molar-refractivity contribution in [3.8, 4) is 0 Å². The van der Waals surface area contributed by atoms with Gasteiger partial charge >= 0.3 is 0 Å². The van der Waals surface area contributed by atoms with Crippen LogP contribution in [0.2, 0.25) is 5.02 Å².